The first-order chi connectivity index (χ1) is 65.1. The number of carbonyl (C=O) groups excluding carboxylic acids is 2. The van der Waals surface area contributed by atoms with Gasteiger partial charge in [0.05, 0.1) is 85.9 Å². The van der Waals surface area contributed by atoms with Gasteiger partial charge in [0.25, 0.3) is 8.32 Å². The zero-order valence-electron chi connectivity index (χ0n) is 75.4. The topological polar surface area (TPSA) is 278 Å². The maximum absolute atomic E-state index is 14.3. The van der Waals surface area contributed by atoms with Gasteiger partial charge in [0.2, 0.25) is 0 Å². The number of aliphatic hydroxyl groups excluding tert-OH is 1. The molecule has 0 radical (unpaired) electrons. The van der Waals surface area contributed by atoms with Crippen molar-refractivity contribution >= 4 is 30.6 Å². The van der Waals surface area contributed by atoms with Gasteiger partial charge in [-0.1, -0.05) is 360 Å². The molecule has 133 heavy (non-hydrogen) atoms. The van der Waals surface area contributed by atoms with E-state index in [0.29, 0.717) is 5.56 Å². The van der Waals surface area contributed by atoms with Gasteiger partial charge >= 0.3 is 11.9 Å². The highest BCUT2D eigenvalue weighted by atomic mass is 28.4. The van der Waals surface area contributed by atoms with Gasteiger partial charge in [0.1, 0.15) is 85.4 Å². The molecule has 15 rings (SSSR count). The number of esters is 2. The van der Waals surface area contributed by atoms with Gasteiger partial charge in [0, 0.05) is 18.8 Å². The van der Waals surface area contributed by atoms with Crippen LogP contribution >= 0.6 is 0 Å². The summed E-state index contributed by atoms with van der Waals surface area (Å²) in [5, 5.41) is 20.1. The molecule has 20 atom stereocenters. The molecule has 4 heterocycles. The normalized spacial score (nSPS) is 25.5. The SMILES string of the molecule is CC(=O)O[C@@H]1[C@@H](OC[C@H]2O[C@@H](O[C@H]3[C@H](OCc4ccccc4)[C@@H](N=[N+]=[N-])[C@H](O[Si](c4ccccc4)(c4ccccc4)C(C)(C)C)O[C@@H]3COCc3ccccc3)[C@@H](OCc3ccccc3)[C@@H](O[C@H]3O[C@H](COCc4ccccc4)[C@@H](OCc4ccccc4)[C@H](OCc4ccccc4)[C@@H]3OC(C)=O)[C@@H]2O)O[C@H](COCc2ccccc2)[C@@H](OCc2ccccc2)[C@@H]1OCc1ccccc1. The number of aliphatic hydroxyl groups is 1. The van der Waals surface area contributed by atoms with E-state index in [1.165, 1.54) is 13.8 Å². The van der Waals surface area contributed by atoms with E-state index in [1.54, 1.807) is 0 Å². The predicted octanol–water partition coefficient (Wildman–Crippen LogP) is 16.3. The summed E-state index contributed by atoms with van der Waals surface area (Å²) in [5.74, 6) is -1.45. The van der Waals surface area contributed by atoms with Crippen LogP contribution in [0.4, 0.5) is 0 Å². The van der Waals surface area contributed by atoms with Gasteiger partial charge < -0.3 is 94.8 Å². The Labute approximate surface area is 778 Å². The van der Waals surface area contributed by atoms with Gasteiger partial charge in [0.15, 0.2) is 37.4 Å². The van der Waals surface area contributed by atoms with E-state index in [1.807, 2.05) is 309 Å². The Balaban J connectivity index is 0.883. The first-order valence-corrected chi connectivity index (χ1v) is 47.2. The van der Waals surface area contributed by atoms with E-state index >= 15 is 0 Å². The van der Waals surface area contributed by atoms with Crippen LogP contribution in [-0.2, 0) is 159 Å². The summed E-state index contributed by atoms with van der Waals surface area (Å²) in [7, 11) is -3.69. The van der Waals surface area contributed by atoms with Crippen LogP contribution in [-0.4, -0.2) is 175 Å². The summed E-state index contributed by atoms with van der Waals surface area (Å²) in [6.07, 6.45) is -26.6. The zero-order chi connectivity index (χ0) is 92.0. The largest absolute Gasteiger partial charge is 0.454 e. The Kier molecular flexibility index (Phi) is 35.6. The van der Waals surface area contributed by atoms with E-state index in [4.69, 9.17) is 89.7 Å². The van der Waals surface area contributed by atoms with Gasteiger partial charge in [-0.3, -0.25) is 9.59 Å². The molecule has 25 nitrogen and oxygen atoms in total. The molecule has 0 saturated carbocycles. The Morgan fingerprint density at radius 2 is 0.586 bits per heavy atom. The van der Waals surface area contributed by atoms with Crippen LogP contribution in [0.2, 0.25) is 5.04 Å². The van der Waals surface area contributed by atoms with Crippen molar-refractivity contribution in [2.24, 2.45) is 5.11 Å². The van der Waals surface area contributed by atoms with Crippen LogP contribution < -0.4 is 10.4 Å². The van der Waals surface area contributed by atoms with Crippen LogP contribution in [0.15, 0.2) is 339 Å². The third-order valence-electron chi connectivity index (χ3n) is 23.8. The molecule has 0 aromatic heterocycles. The molecule has 0 amide bonds. The molecule has 4 aliphatic heterocycles. The molecule has 0 unspecified atom stereocenters. The maximum Gasteiger partial charge on any atom is 0.303 e. The van der Waals surface area contributed by atoms with Crippen molar-refractivity contribution in [1.82, 2.24) is 0 Å². The molecule has 0 aliphatic carbocycles. The zero-order valence-corrected chi connectivity index (χ0v) is 76.4. The quantitative estimate of drug-likeness (QED) is 0.0122. The number of nitrogens with zero attached hydrogens (tertiary/aromatic N) is 3. The summed E-state index contributed by atoms with van der Waals surface area (Å²) in [6.45, 7) is 8.23. The van der Waals surface area contributed by atoms with Crippen LogP contribution in [0.3, 0.4) is 0 Å². The fraction of sp³-hybridized carbons (Fsp3) is 0.364. The average Bonchev–Trinajstić information content (AvgIpc) is 0.734. The van der Waals surface area contributed by atoms with E-state index < -0.39 is 155 Å². The second-order valence-electron chi connectivity index (χ2n) is 34.4. The number of benzene rings is 11. The highest BCUT2D eigenvalue weighted by molar-refractivity contribution is 6.99. The Morgan fingerprint density at radius 1 is 0.316 bits per heavy atom. The lowest BCUT2D eigenvalue weighted by Gasteiger charge is -2.52. The smallest absolute Gasteiger partial charge is 0.303 e. The number of ether oxygens (including phenoxy) is 18. The fourth-order valence-corrected chi connectivity index (χ4v) is 21.9. The van der Waals surface area contributed by atoms with Crippen molar-refractivity contribution in [2.75, 3.05) is 26.4 Å². The van der Waals surface area contributed by atoms with Gasteiger partial charge in [-0.25, -0.2) is 0 Å². The van der Waals surface area contributed by atoms with Crippen molar-refractivity contribution < 1.29 is 104 Å². The van der Waals surface area contributed by atoms with Crippen molar-refractivity contribution in [2.45, 2.75) is 222 Å². The molecule has 11 aromatic carbocycles. The van der Waals surface area contributed by atoms with Crippen molar-refractivity contribution in [3.05, 3.63) is 394 Å². The summed E-state index contributed by atoms with van der Waals surface area (Å²) < 4.78 is 136. The van der Waals surface area contributed by atoms with Crippen molar-refractivity contribution in [1.29, 1.82) is 0 Å². The standard InChI is InChI=1S/C107H117N3O22Si/c1-74(111)124-101-98(120-67-82-51-29-12-30-52-82)93(117-64-79-45-23-9-24-46-79)88(70-114-61-76-39-17-6-18-40-76)128-104(101)123-73-87-92(113)97(131-106-102(125-75(2)112)99(121-68-83-53-31-13-32-54-83)94(118-65-80-47-25-10-26-48-80)89(129-106)71-115-62-77-41-19-7-20-42-77)100(122-69-84-55-33-14-34-56-84)105(126-87)130-95-90(72-116-63-78-43-21-8-22-44-78)127-103(91(109-110-108)96(95)119-66-81-49-27-11-28-50-81)132-133(107(3,4)5,85-57-35-15-36-58-85)86-59-37-16-38-60-86/h6-60,87-106,113H,61-73H2,1-5H3/t87-,88-,89-,90-,91-,92-,93-,94-,95-,96-,97+,98+,99+,100+,101+,102+,103+,104+,105+,106-/m1/s1. The third kappa shape index (κ3) is 26.4. The van der Waals surface area contributed by atoms with E-state index in [0.717, 1.165) is 54.9 Å². The highest BCUT2D eigenvalue weighted by Crippen LogP contribution is 2.44. The Morgan fingerprint density at radius 3 is 0.925 bits per heavy atom. The minimum absolute atomic E-state index is 0.0136. The van der Waals surface area contributed by atoms with E-state index in [2.05, 4.69) is 55.1 Å². The van der Waals surface area contributed by atoms with Crippen LogP contribution in [0.5, 0.6) is 0 Å². The van der Waals surface area contributed by atoms with Gasteiger partial charge in [-0.2, -0.15) is 0 Å². The first kappa shape index (κ1) is 96.7. The minimum Gasteiger partial charge on any atom is -0.454 e. The van der Waals surface area contributed by atoms with E-state index in [-0.39, 0.29) is 79.3 Å². The lowest BCUT2D eigenvalue weighted by atomic mass is 9.94. The molecule has 26 heteroatoms. The third-order valence-corrected chi connectivity index (χ3v) is 28.8. The maximum atomic E-state index is 14.3. The molecule has 0 spiro atoms. The van der Waals surface area contributed by atoms with Gasteiger partial charge in [-0.15, -0.1) is 0 Å². The second-order valence-corrected chi connectivity index (χ2v) is 38.6. The van der Waals surface area contributed by atoms with E-state index in [9.17, 15) is 20.2 Å². The molecule has 4 aliphatic rings. The second kappa shape index (κ2) is 48.9. The number of hydrogen-bond donors (Lipinski definition) is 1. The highest BCUT2D eigenvalue weighted by Gasteiger charge is 2.61. The lowest BCUT2D eigenvalue weighted by molar-refractivity contribution is -0.388. The molecule has 11 aromatic rings. The lowest BCUT2D eigenvalue weighted by Crippen LogP contribution is -2.71. The summed E-state index contributed by atoms with van der Waals surface area (Å²) in [5.41, 5.74) is 18.6. The van der Waals surface area contributed by atoms with Gasteiger partial charge in [-0.05, 0) is 71.0 Å². The molecule has 4 fully saturated rings. The summed E-state index contributed by atoms with van der Waals surface area (Å²) >= 11 is 0. The van der Waals surface area contributed by atoms with Crippen LogP contribution in [0, 0.1) is 0 Å². The summed E-state index contributed by atoms with van der Waals surface area (Å²) in [6, 6.07) is 105. The molecule has 696 valence electrons. The molecule has 4 saturated heterocycles. The first-order valence-electron chi connectivity index (χ1n) is 45.3. The Hall–Kier alpha value is -10.8. The fourth-order valence-electron chi connectivity index (χ4n) is 17.4. The number of hydrogen-bond acceptors (Lipinski definition) is 23. The monoisotopic (exact) mass is 1820 g/mol. The molecular formula is C107H117N3O22Si. The number of azide groups is 1. The van der Waals surface area contributed by atoms with Crippen molar-refractivity contribution in [3.63, 3.8) is 0 Å². The Bertz CT molecular complexity index is 5260. The van der Waals surface area contributed by atoms with Crippen molar-refractivity contribution in [3.8, 4) is 0 Å². The molecular weight excluding hydrogens is 1710 g/mol. The van der Waals surface area contributed by atoms with Crippen LogP contribution in [0.25, 0.3) is 10.4 Å². The minimum atomic E-state index is -3.69. The number of carbonyl (C=O) groups is 2. The van der Waals surface area contributed by atoms with Crippen LogP contribution in [0.1, 0.15) is 84.7 Å². The number of rotatable bonds is 44. The molecule has 0 bridgehead atoms. The average molecular weight is 1830 g/mol. The summed E-state index contributed by atoms with van der Waals surface area (Å²) in [4.78, 5) is 32.0. The predicted molar refractivity (Wildman–Crippen MR) is 498 cm³/mol. The molecule has 1 N–H and O–H groups in total.